The number of hydrogen-bond acceptors (Lipinski definition) is 8. The Labute approximate surface area is 338 Å². The molecule has 8 rings (SSSR count). The molecule has 0 aromatic heterocycles. The number of amides is 1. The normalized spacial score (nSPS) is 24.0. The first kappa shape index (κ1) is 38.6. The molecule has 0 aliphatic carbocycles. The van der Waals surface area contributed by atoms with Gasteiger partial charge in [-0.1, -0.05) is 115 Å². The number of aliphatic carboxylic acids is 1. The number of aliphatic hydroxyl groups excluding tert-OH is 1. The maximum absolute atomic E-state index is 15.0. The van der Waals surface area contributed by atoms with Crippen molar-refractivity contribution in [3.05, 3.63) is 167 Å². The van der Waals surface area contributed by atoms with Gasteiger partial charge in [-0.05, 0) is 78.5 Å². The highest BCUT2D eigenvalue weighted by molar-refractivity contribution is 6.11. The van der Waals surface area contributed by atoms with Gasteiger partial charge in [-0.15, -0.1) is 0 Å². The van der Waals surface area contributed by atoms with Crippen molar-refractivity contribution in [3.8, 4) is 17.6 Å². The van der Waals surface area contributed by atoms with E-state index in [-0.39, 0.29) is 19.3 Å². The van der Waals surface area contributed by atoms with E-state index >= 15 is 0 Å². The van der Waals surface area contributed by atoms with Crippen LogP contribution in [-0.2, 0) is 31.0 Å². The lowest BCUT2D eigenvalue weighted by Gasteiger charge is -2.46. The van der Waals surface area contributed by atoms with Gasteiger partial charge in [-0.3, -0.25) is 24.2 Å². The van der Waals surface area contributed by atoms with Crippen molar-refractivity contribution in [2.24, 2.45) is 5.92 Å². The maximum atomic E-state index is 15.0. The molecule has 7 atom stereocenters. The number of carboxylic acids is 1. The number of nitrogens with zero attached hydrogens (tertiary/aromatic N) is 2. The number of ether oxygens (including phenoxy) is 2. The zero-order valence-corrected chi connectivity index (χ0v) is 32.3. The highest BCUT2D eigenvalue weighted by atomic mass is 16.6. The van der Waals surface area contributed by atoms with Crippen LogP contribution in [0.5, 0.6) is 5.75 Å². The van der Waals surface area contributed by atoms with E-state index in [1.165, 1.54) is 5.56 Å². The van der Waals surface area contributed by atoms with Crippen LogP contribution in [0.3, 0.4) is 0 Å². The van der Waals surface area contributed by atoms with E-state index in [1.54, 1.807) is 30.3 Å². The Morgan fingerprint density at radius 2 is 1.53 bits per heavy atom. The molecule has 2 saturated heterocycles. The Morgan fingerprint density at radius 1 is 0.879 bits per heavy atom. The summed E-state index contributed by atoms with van der Waals surface area (Å²) in [6, 6.07) is 39.0. The predicted octanol–water partition coefficient (Wildman–Crippen LogP) is 6.33. The summed E-state index contributed by atoms with van der Waals surface area (Å²) in [7, 11) is 2.03. The second-order valence-corrected chi connectivity index (χ2v) is 15.2. The number of benzene rings is 5. The van der Waals surface area contributed by atoms with Crippen molar-refractivity contribution in [3.63, 3.8) is 0 Å². The summed E-state index contributed by atoms with van der Waals surface area (Å²) in [5.41, 5.74) is 3.13. The standard InChI is InChI=1S/C48H45N3O7/c1-31(29-32-13-6-3-7-14-32)50(2)26-12-15-33-20-25-39-38(30-33)48(47(56)49-39)40(45(53)54)42-46(55)58-43(35-18-10-5-11-19-35)41(34-16-8-4-9-17-34)51(42)44(48)36-21-23-37(24-22-36)57-28-27-52/h3-11,13-14,16-25,30-31,40-44,52H,26-29H2,1-2H3,(H,49,56)(H,53,54)/t31-,40+,41+,42+,43-,44-,48+/m1/s1. The van der Waals surface area contributed by atoms with E-state index in [0.29, 0.717) is 34.7 Å². The SMILES string of the molecule is C[C@H](Cc1ccccc1)N(C)CC#Cc1ccc2c(c1)[C@]1(C(=O)N2)[C@H](C(=O)O)[C@H]2C(=O)O[C@H](c3ccccc3)[C@H](c3ccccc3)N2[C@@H]1c1ccc(OCCO)cc1. The van der Waals surface area contributed by atoms with Gasteiger partial charge < -0.3 is 25.0 Å². The minimum absolute atomic E-state index is 0.0873. The fourth-order valence-corrected chi connectivity index (χ4v) is 9.09. The van der Waals surface area contributed by atoms with Crippen molar-refractivity contribution in [1.29, 1.82) is 0 Å². The molecule has 1 amide bonds. The first-order chi connectivity index (χ1) is 28.2. The summed E-state index contributed by atoms with van der Waals surface area (Å²) in [5.74, 6) is 2.99. The molecule has 3 aliphatic rings. The number of nitrogens with one attached hydrogen (secondary N) is 1. The molecule has 294 valence electrons. The molecule has 10 nitrogen and oxygen atoms in total. The van der Waals surface area contributed by atoms with Crippen molar-refractivity contribution < 1.29 is 34.1 Å². The average Bonchev–Trinajstić information content (AvgIpc) is 3.72. The molecule has 1 spiro atoms. The highest BCUT2D eigenvalue weighted by Crippen LogP contribution is 2.64. The molecule has 2 fully saturated rings. The number of esters is 1. The lowest BCUT2D eigenvalue weighted by atomic mass is 9.65. The van der Waals surface area contributed by atoms with Gasteiger partial charge in [0.05, 0.1) is 25.2 Å². The summed E-state index contributed by atoms with van der Waals surface area (Å²) >= 11 is 0. The first-order valence-electron chi connectivity index (χ1n) is 19.6. The third kappa shape index (κ3) is 6.92. The van der Waals surface area contributed by atoms with Crippen molar-refractivity contribution in [2.75, 3.05) is 32.1 Å². The first-order valence-corrected chi connectivity index (χ1v) is 19.6. The van der Waals surface area contributed by atoms with E-state index in [1.807, 2.05) is 103 Å². The quantitative estimate of drug-likeness (QED) is 0.104. The van der Waals surface area contributed by atoms with E-state index < -0.39 is 53.4 Å². The van der Waals surface area contributed by atoms with Crippen LogP contribution in [-0.4, -0.2) is 76.7 Å². The molecule has 5 aromatic carbocycles. The molecule has 0 unspecified atom stereocenters. The molecule has 3 aliphatic heterocycles. The van der Waals surface area contributed by atoms with Crippen molar-refractivity contribution in [2.45, 2.75) is 49.0 Å². The van der Waals surface area contributed by atoms with Crippen LogP contribution >= 0.6 is 0 Å². The fraction of sp³-hybridized carbons (Fsp3) is 0.271. The molecule has 10 heteroatoms. The third-order valence-electron chi connectivity index (χ3n) is 11.8. The Kier molecular flexibility index (Phi) is 10.9. The number of hydrogen-bond donors (Lipinski definition) is 3. The maximum Gasteiger partial charge on any atom is 0.325 e. The number of carbonyl (C=O) groups is 3. The number of morpholine rings is 1. The number of likely N-dealkylation sites (N-methyl/N-ethyl adjacent to an activating group) is 1. The van der Waals surface area contributed by atoms with Crippen LogP contribution in [0.4, 0.5) is 5.69 Å². The number of aliphatic hydroxyl groups is 1. The summed E-state index contributed by atoms with van der Waals surface area (Å²) in [6.45, 7) is 2.56. The smallest absolute Gasteiger partial charge is 0.325 e. The van der Waals surface area contributed by atoms with Gasteiger partial charge in [0, 0.05) is 17.3 Å². The Bertz CT molecular complexity index is 2350. The number of cyclic esters (lactones) is 1. The monoisotopic (exact) mass is 775 g/mol. The third-order valence-corrected chi connectivity index (χ3v) is 11.8. The molecular formula is C48H45N3O7. The molecule has 0 bridgehead atoms. The minimum Gasteiger partial charge on any atom is -0.491 e. The number of rotatable bonds is 11. The van der Waals surface area contributed by atoms with E-state index in [2.05, 4.69) is 41.1 Å². The number of carbonyl (C=O) groups excluding carboxylic acids is 2. The molecule has 58 heavy (non-hydrogen) atoms. The lowest BCUT2D eigenvalue weighted by molar-refractivity contribution is -0.179. The second-order valence-electron chi connectivity index (χ2n) is 15.2. The van der Waals surface area contributed by atoms with Gasteiger partial charge in [-0.2, -0.15) is 0 Å². The fourth-order valence-electron chi connectivity index (χ4n) is 9.09. The van der Waals surface area contributed by atoms with Crippen LogP contribution in [0, 0.1) is 17.8 Å². The summed E-state index contributed by atoms with van der Waals surface area (Å²) < 4.78 is 12.0. The molecule has 3 heterocycles. The topological polar surface area (TPSA) is 129 Å². The Hall–Kier alpha value is -6.25. The second kappa shape index (κ2) is 16.3. The van der Waals surface area contributed by atoms with Crippen LogP contribution in [0.25, 0.3) is 0 Å². The van der Waals surface area contributed by atoms with Crippen LogP contribution in [0.15, 0.2) is 133 Å². The van der Waals surface area contributed by atoms with Crippen molar-refractivity contribution >= 4 is 23.5 Å². The zero-order valence-electron chi connectivity index (χ0n) is 32.3. The summed E-state index contributed by atoms with van der Waals surface area (Å²) in [4.78, 5) is 47.6. The predicted molar refractivity (Wildman–Crippen MR) is 219 cm³/mol. The van der Waals surface area contributed by atoms with Gasteiger partial charge >= 0.3 is 11.9 Å². The van der Waals surface area contributed by atoms with Crippen molar-refractivity contribution in [1.82, 2.24) is 9.80 Å². The van der Waals surface area contributed by atoms with Gasteiger partial charge in [0.2, 0.25) is 5.91 Å². The van der Waals surface area contributed by atoms with Crippen LogP contribution < -0.4 is 10.1 Å². The van der Waals surface area contributed by atoms with Gasteiger partial charge in [0.15, 0.2) is 0 Å². The molecule has 0 saturated carbocycles. The molecule has 0 radical (unpaired) electrons. The van der Waals surface area contributed by atoms with Crippen LogP contribution in [0.2, 0.25) is 0 Å². The van der Waals surface area contributed by atoms with Crippen LogP contribution in [0.1, 0.15) is 58.5 Å². The van der Waals surface area contributed by atoms with Gasteiger partial charge in [-0.25, -0.2) is 0 Å². The Morgan fingerprint density at radius 3 is 2.19 bits per heavy atom. The largest absolute Gasteiger partial charge is 0.491 e. The van der Waals surface area contributed by atoms with Gasteiger partial charge in [0.1, 0.15) is 35.8 Å². The summed E-state index contributed by atoms with van der Waals surface area (Å²) in [6.07, 6.45) is 0.0459. The zero-order chi connectivity index (χ0) is 40.4. The Balaban J connectivity index is 1.27. The lowest BCUT2D eigenvalue weighted by Crippen LogP contribution is -2.52. The minimum atomic E-state index is -1.80. The molecular weight excluding hydrogens is 731 g/mol. The number of fused-ring (bicyclic) bond motifs is 3. The molecule has 3 N–H and O–H groups in total. The average molecular weight is 776 g/mol. The number of anilines is 1. The van der Waals surface area contributed by atoms with E-state index in [0.717, 1.165) is 17.5 Å². The highest BCUT2D eigenvalue weighted by Gasteiger charge is 2.74. The molecule has 5 aromatic rings. The van der Waals surface area contributed by atoms with Gasteiger partial charge in [0.25, 0.3) is 0 Å². The van der Waals surface area contributed by atoms with E-state index in [4.69, 9.17) is 9.47 Å². The van der Waals surface area contributed by atoms with E-state index in [9.17, 15) is 24.6 Å². The number of carboxylic acid groups (broad SMARTS) is 1. The summed E-state index contributed by atoms with van der Waals surface area (Å²) in [5, 5.41) is 23.8.